The van der Waals surface area contributed by atoms with Crippen LogP contribution >= 0.6 is 22.7 Å². The Morgan fingerprint density at radius 1 is 1.12 bits per heavy atom. The Labute approximate surface area is 156 Å². The molecule has 7 heteroatoms. The second kappa shape index (κ2) is 9.12. The van der Waals surface area contributed by atoms with Crippen LogP contribution in [-0.4, -0.2) is 36.3 Å². The van der Waals surface area contributed by atoms with Gasteiger partial charge in [-0.2, -0.15) is 11.3 Å². The number of likely N-dealkylation sites (tertiary alicyclic amines) is 1. The lowest BCUT2D eigenvalue weighted by Gasteiger charge is -2.31. The highest BCUT2D eigenvalue weighted by Gasteiger charge is 2.21. The molecule has 0 atom stereocenters. The van der Waals surface area contributed by atoms with Crippen LogP contribution < -0.4 is 10.6 Å². The molecule has 0 bridgehead atoms. The summed E-state index contributed by atoms with van der Waals surface area (Å²) in [6.07, 6.45) is 2.11. The van der Waals surface area contributed by atoms with Gasteiger partial charge in [-0.1, -0.05) is 6.07 Å². The molecule has 2 aromatic rings. The van der Waals surface area contributed by atoms with Gasteiger partial charge < -0.3 is 10.6 Å². The molecule has 1 fully saturated rings. The van der Waals surface area contributed by atoms with Crippen LogP contribution in [0.1, 0.15) is 23.3 Å². The van der Waals surface area contributed by atoms with E-state index in [9.17, 15) is 9.59 Å². The van der Waals surface area contributed by atoms with Crippen molar-refractivity contribution in [2.24, 2.45) is 5.92 Å². The van der Waals surface area contributed by atoms with Gasteiger partial charge in [-0.25, -0.2) is 0 Å². The van der Waals surface area contributed by atoms with Crippen LogP contribution in [0.4, 0.5) is 0 Å². The van der Waals surface area contributed by atoms with Crippen LogP contribution in [0.15, 0.2) is 34.3 Å². The third-order valence-electron chi connectivity index (χ3n) is 4.45. The number of carbonyl (C=O) groups excluding carboxylic acids is 2. The molecule has 1 aliphatic rings. The van der Waals surface area contributed by atoms with Crippen molar-refractivity contribution in [1.29, 1.82) is 0 Å². The zero-order chi connectivity index (χ0) is 17.5. The maximum Gasteiger partial charge on any atom is 0.309 e. The van der Waals surface area contributed by atoms with Gasteiger partial charge in [-0.05, 0) is 65.7 Å². The maximum atomic E-state index is 11.9. The van der Waals surface area contributed by atoms with Crippen molar-refractivity contribution in [2.45, 2.75) is 25.9 Å². The number of amides is 2. The van der Waals surface area contributed by atoms with Gasteiger partial charge in [0.1, 0.15) is 0 Å². The van der Waals surface area contributed by atoms with Crippen LogP contribution in [0.3, 0.4) is 0 Å². The van der Waals surface area contributed by atoms with Crippen LogP contribution in [-0.2, 0) is 22.7 Å². The van der Waals surface area contributed by atoms with Gasteiger partial charge in [0.05, 0.1) is 6.54 Å². The van der Waals surface area contributed by atoms with Gasteiger partial charge in [0.2, 0.25) is 0 Å². The SMILES string of the molecule is O=C(NCc1cccs1)C(=O)NCC1CCN(Cc2ccsc2)CC1. The van der Waals surface area contributed by atoms with E-state index in [1.165, 1.54) is 5.56 Å². The number of nitrogens with one attached hydrogen (secondary N) is 2. The molecule has 1 saturated heterocycles. The van der Waals surface area contributed by atoms with Gasteiger partial charge in [0.25, 0.3) is 0 Å². The molecule has 3 heterocycles. The Morgan fingerprint density at radius 2 is 1.92 bits per heavy atom. The molecular weight excluding hydrogens is 354 g/mol. The summed E-state index contributed by atoms with van der Waals surface area (Å²) in [6, 6.07) is 6.04. The minimum absolute atomic E-state index is 0.408. The molecule has 2 aromatic heterocycles. The van der Waals surface area contributed by atoms with Gasteiger partial charge in [-0.15, -0.1) is 11.3 Å². The van der Waals surface area contributed by atoms with E-state index >= 15 is 0 Å². The van der Waals surface area contributed by atoms with Gasteiger partial charge in [0, 0.05) is 18.0 Å². The Bertz CT molecular complexity index is 663. The first-order chi connectivity index (χ1) is 12.2. The molecule has 2 N–H and O–H groups in total. The summed E-state index contributed by atoms with van der Waals surface area (Å²) in [7, 11) is 0. The molecule has 0 aromatic carbocycles. The molecular formula is C18H23N3O2S2. The summed E-state index contributed by atoms with van der Waals surface area (Å²) in [5.74, 6) is -0.631. The van der Waals surface area contributed by atoms with E-state index in [4.69, 9.17) is 0 Å². The third kappa shape index (κ3) is 5.66. The molecule has 5 nitrogen and oxygen atoms in total. The largest absolute Gasteiger partial charge is 0.348 e. The van der Waals surface area contributed by atoms with E-state index in [0.29, 0.717) is 19.0 Å². The summed E-state index contributed by atoms with van der Waals surface area (Å²) in [5.41, 5.74) is 1.37. The van der Waals surface area contributed by atoms with Gasteiger partial charge >= 0.3 is 11.8 Å². The van der Waals surface area contributed by atoms with Crippen molar-refractivity contribution in [2.75, 3.05) is 19.6 Å². The zero-order valence-electron chi connectivity index (χ0n) is 14.1. The molecule has 0 radical (unpaired) electrons. The molecule has 0 spiro atoms. The quantitative estimate of drug-likeness (QED) is 0.760. The Balaban J connectivity index is 1.32. The van der Waals surface area contributed by atoms with Crippen molar-refractivity contribution in [3.8, 4) is 0 Å². The fourth-order valence-electron chi connectivity index (χ4n) is 2.97. The molecule has 134 valence electrons. The standard InChI is InChI=1S/C18H23N3O2S2/c22-17(18(23)20-11-16-2-1-8-25-16)19-10-14-3-6-21(7-4-14)12-15-5-9-24-13-15/h1-2,5,8-9,13-14H,3-4,6-7,10-12H2,(H,19,22)(H,20,23). The highest BCUT2D eigenvalue weighted by molar-refractivity contribution is 7.09. The van der Waals surface area contributed by atoms with Crippen molar-refractivity contribution >= 4 is 34.5 Å². The molecule has 2 amide bonds. The molecule has 3 rings (SSSR count). The minimum atomic E-state index is -0.553. The molecule has 0 aliphatic carbocycles. The topological polar surface area (TPSA) is 61.4 Å². The highest BCUT2D eigenvalue weighted by atomic mass is 32.1. The van der Waals surface area contributed by atoms with E-state index in [-0.39, 0.29) is 0 Å². The lowest BCUT2D eigenvalue weighted by Crippen LogP contribution is -2.43. The van der Waals surface area contributed by atoms with Crippen LogP contribution in [0.2, 0.25) is 0 Å². The monoisotopic (exact) mass is 377 g/mol. The number of nitrogens with zero attached hydrogens (tertiary/aromatic N) is 1. The first-order valence-corrected chi connectivity index (χ1v) is 10.3. The Kier molecular flexibility index (Phi) is 6.61. The summed E-state index contributed by atoms with van der Waals surface area (Å²) >= 11 is 3.30. The Morgan fingerprint density at radius 3 is 2.60 bits per heavy atom. The van der Waals surface area contributed by atoms with Crippen molar-refractivity contribution in [3.63, 3.8) is 0 Å². The fourth-order valence-corrected chi connectivity index (χ4v) is 4.27. The van der Waals surface area contributed by atoms with Gasteiger partial charge in [0.15, 0.2) is 0 Å². The lowest BCUT2D eigenvalue weighted by atomic mass is 9.96. The molecule has 25 heavy (non-hydrogen) atoms. The molecule has 1 aliphatic heterocycles. The number of rotatable bonds is 6. The molecule has 0 unspecified atom stereocenters. The average molecular weight is 378 g/mol. The van der Waals surface area contributed by atoms with E-state index in [1.54, 1.807) is 22.7 Å². The summed E-state index contributed by atoms with van der Waals surface area (Å²) < 4.78 is 0. The van der Waals surface area contributed by atoms with E-state index < -0.39 is 11.8 Å². The average Bonchev–Trinajstić information content (AvgIpc) is 3.32. The fraction of sp³-hybridized carbons (Fsp3) is 0.444. The van der Waals surface area contributed by atoms with E-state index in [0.717, 1.165) is 37.4 Å². The van der Waals surface area contributed by atoms with Gasteiger partial charge in [-0.3, -0.25) is 14.5 Å². The number of piperidine rings is 1. The number of hydrogen-bond donors (Lipinski definition) is 2. The first-order valence-electron chi connectivity index (χ1n) is 8.52. The zero-order valence-corrected chi connectivity index (χ0v) is 15.7. The van der Waals surface area contributed by atoms with E-state index in [2.05, 4.69) is 32.4 Å². The minimum Gasteiger partial charge on any atom is -0.348 e. The van der Waals surface area contributed by atoms with Crippen LogP contribution in [0.25, 0.3) is 0 Å². The predicted octanol–water partition coefficient (Wildman–Crippen LogP) is 2.45. The first kappa shape index (κ1) is 18.1. The smallest absolute Gasteiger partial charge is 0.309 e. The second-order valence-electron chi connectivity index (χ2n) is 6.32. The number of carbonyl (C=O) groups is 2. The lowest BCUT2D eigenvalue weighted by molar-refractivity contribution is -0.139. The summed E-state index contributed by atoms with van der Waals surface area (Å²) in [5, 5.41) is 11.7. The van der Waals surface area contributed by atoms with Crippen LogP contribution in [0.5, 0.6) is 0 Å². The third-order valence-corrected chi connectivity index (χ3v) is 6.06. The van der Waals surface area contributed by atoms with E-state index in [1.807, 2.05) is 17.5 Å². The Hall–Kier alpha value is -1.70. The highest BCUT2D eigenvalue weighted by Crippen LogP contribution is 2.19. The van der Waals surface area contributed by atoms with Crippen LogP contribution in [0, 0.1) is 5.92 Å². The van der Waals surface area contributed by atoms with Crippen molar-refractivity contribution in [1.82, 2.24) is 15.5 Å². The summed E-state index contributed by atoms with van der Waals surface area (Å²) in [6.45, 7) is 4.08. The number of hydrogen-bond acceptors (Lipinski definition) is 5. The second-order valence-corrected chi connectivity index (χ2v) is 8.14. The maximum absolute atomic E-state index is 11.9. The predicted molar refractivity (Wildman–Crippen MR) is 101 cm³/mol. The normalized spacial score (nSPS) is 15.8. The summed E-state index contributed by atoms with van der Waals surface area (Å²) in [4.78, 5) is 27.2. The van der Waals surface area contributed by atoms with Crippen molar-refractivity contribution < 1.29 is 9.59 Å². The number of thiophene rings is 2. The molecule has 0 saturated carbocycles. The van der Waals surface area contributed by atoms with Crippen molar-refractivity contribution in [3.05, 3.63) is 44.8 Å².